The summed E-state index contributed by atoms with van der Waals surface area (Å²) < 4.78 is 5.32. The molecular formula is C24H28N4O3. The van der Waals surface area contributed by atoms with Crippen LogP contribution < -0.4 is 10.6 Å². The number of pyridine rings is 1. The topological polar surface area (TPSA) is 96.1 Å². The van der Waals surface area contributed by atoms with Crippen LogP contribution in [0.1, 0.15) is 52.6 Å². The first kappa shape index (κ1) is 21.1. The lowest BCUT2D eigenvalue weighted by molar-refractivity contribution is -0.122. The number of aromatic amines is 1. The fraction of sp³-hybridized carbons (Fsp3) is 0.375. The molecule has 0 saturated carbocycles. The molecule has 7 nitrogen and oxygen atoms in total. The Labute approximate surface area is 181 Å². The Morgan fingerprint density at radius 1 is 1.23 bits per heavy atom. The van der Waals surface area contributed by atoms with Crippen molar-refractivity contribution in [3.05, 3.63) is 65.1 Å². The van der Waals surface area contributed by atoms with Crippen LogP contribution in [-0.4, -0.2) is 41.0 Å². The Morgan fingerprint density at radius 3 is 2.81 bits per heavy atom. The van der Waals surface area contributed by atoms with Gasteiger partial charge in [0.15, 0.2) is 0 Å². The monoisotopic (exact) mass is 420 g/mol. The molecule has 1 aliphatic rings. The maximum absolute atomic E-state index is 13.1. The summed E-state index contributed by atoms with van der Waals surface area (Å²) in [5, 5.41) is 7.08. The number of hydrogen-bond acceptors (Lipinski definition) is 4. The lowest BCUT2D eigenvalue weighted by Crippen LogP contribution is -2.36. The fourth-order valence-corrected chi connectivity index (χ4v) is 4.03. The molecule has 0 radical (unpaired) electrons. The van der Waals surface area contributed by atoms with E-state index in [1.165, 1.54) is 0 Å². The zero-order chi connectivity index (χ0) is 21.8. The van der Waals surface area contributed by atoms with Crippen LogP contribution in [0, 0.1) is 13.8 Å². The van der Waals surface area contributed by atoms with Gasteiger partial charge in [-0.15, -0.1) is 0 Å². The molecule has 3 aromatic rings. The number of fused-ring (bicyclic) bond motifs is 1. The number of carbonyl (C=O) groups excluding carboxylic acids is 2. The molecule has 1 aromatic carbocycles. The van der Waals surface area contributed by atoms with Crippen LogP contribution >= 0.6 is 0 Å². The Bertz CT molecular complexity index is 1090. The zero-order valence-electron chi connectivity index (χ0n) is 17.9. The first-order valence-electron chi connectivity index (χ1n) is 10.7. The predicted octanol–water partition coefficient (Wildman–Crippen LogP) is 3.34. The van der Waals surface area contributed by atoms with Gasteiger partial charge in [0.05, 0.1) is 24.4 Å². The van der Waals surface area contributed by atoms with Crippen LogP contribution in [0.5, 0.6) is 0 Å². The maximum atomic E-state index is 13.1. The number of benzene rings is 1. The van der Waals surface area contributed by atoms with E-state index in [-0.39, 0.29) is 23.9 Å². The maximum Gasteiger partial charge on any atom is 0.268 e. The van der Waals surface area contributed by atoms with Crippen molar-refractivity contribution in [1.82, 2.24) is 20.6 Å². The number of amides is 2. The lowest BCUT2D eigenvalue weighted by Gasteiger charge is -2.20. The van der Waals surface area contributed by atoms with E-state index < -0.39 is 0 Å². The number of nitrogens with one attached hydrogen (secondary N) is 3. The zero-order valence-corrected chi connectivity index (χ0v) is 17.9. The summed E-state index contributed by atoms with van der Waals surface area (Å²) in [5.74, 6) is -0.250. The molecule has 2 atom stereocenters. The van der Waals surface area contributed by atoms with Crippen LogP contribution in [0.3, 0.4) is 0 Å². The third kappa shape index (κ3) is 4.94. The Hall–Kier alpha value is -3.19. The average Bonchev–Trinajstić information content (AvgIpc) is 3.42. The number of rotatable bonds is 7. The largest absolute Gasteiger partial charge is 0.379 e. The number of para-hydroxylation sites is 1. The second-order valence-electron chi connectivity index (χ2n) is 8.12. The molecule has 1 saturated heterocycles. The van der Waals surface area contributed by atoms with E-state index >= 15 is 0 Å². The number of aromatic nitrogens is 2. The molecule has 7 heteroatoms. The van der Waals surface area contributed by atoms with Crippen LogP contribution in [0.2, 0.25) is 0 Å². The highest BCUT2D eigenvalue weighted by Crippen LogP contribution is 2.23. The first-order valence-corrected chi connectivity index (χ1v) is 10.7. The standard InChI is InChI=1S/C24H28N4O3/c1-15-5-3-7-17-13-20(27-22(15)17)24(30)28-19(23-16(2)6-4-11-25-23)8-9-21(29)26-18-10-12-31-14-18/h3-7,11,13,18-19,27H,8-10,12,14H2,1-2H3,(H,26,29)(H,28,30). The Morgan fingerprint density at radius 2 is 2.06 bits per heavy atom. The quantitative estimate of drug-likeness (QED) is 0.546. The van der Waals surface area contributed by atoms with Gasteiger partial charge in [-0.3, -0.25) is 14.6 Å². The Balaban J connectivity index is 1.49. The van der Waals surface area contributed by atoms with Gasteiger partial charge in [0.2, 0.25) is 5.91 Å². The third-order valence-electron chi connectivity index (χ3n) is 5.75. The van der Waals surface area contributed by atoms with Gasteiger partial charge in [-0.2, -0.15) is 0 Å². The van der Waals surface area contributed by atoms with Crippen molar-refractivity contribution in [3.63, 3.8) is 0 Å². The molecule has 0 aliphatic carbocycles. The molecule has 2 unspecified atom stereocenters. The molecule has 1 aliphatic heterocycles. The summed E-state index contributed by atoms with van der Waals surface area (Å²) in [6.07, 6.45) is 3.31. The van der Waals surface area contributed by atoms with Crippen molar-refractivity contribution in [2.45, 2.75) is 45.2 Å². The van der Waals surface area contributed by atoms with Crippen LogP contribution in [-0.2, 0) is 9.53 Å². The predicted molar refractivity (Wildman–Crippen MR) is 119 cm³/mol. The highest BCUT2D eigenvalue weighted by molar-refractivity contribution is 5.98. The van der Waals surface area contributed by atoms with E-state index in [0.717, 1.165) is 34.1 Å². The normalized spacial score (nSPS) is 16.9. The molecule has 3 N–H and O–H groups in total. The van der Waals surface area contributed by atoms with Gasteiger partial charge in [0.1, 0.15) is 5.69 Å². The second-order valence-corrected chi connectivity index (χ2v) is 8.12. The van der Waals surface area contributed by atoms with Crippen molar-refractivity contribution in [2.75, 3.05) is 13.2 Å². The summed E-state index contributed by atoms with van der Waals surface area (Å²) in [7, 11) is 0. The average molecular weight is 421 g/mol. The van der Waals surface area contributed by atoms with E-state index in [0.29, 0.717) is 31.7 Å². The van der Waals surface area contributed by atoms with Gasteiger partial charge in [0.25, 0.3) is 5.91 Å². The van der Waals surface area contributed by atoms with Gasteiger partial charge in [0, 0.05) is 30.1 Å². The van der Waals surface area contributed by atoms with Crippen LogP contribution in [0.4, 0.5) is 0 Å². The van der Waals surface area contributed by atoms with Crippen molar-refractivity contribution in [2.24, 2.45) is 0 Å². The second kappa shape index (κ2) is 9.31. The molecule has 3 heterocycles. The van der Waals surface area contributed by atoms with E-state index in [2.05, 4.69) is 20.6 Å². The first-order chi connectivity index (χ1) is 15.0. The molecule has 0 spiro atoms. The number of H-pyrrole nitrogens is 1. The van der Waals surface area contributed by atoms with Gasteiger partial charge < -0.3 is 20.4 Å². The minimum atomic E-state index is -0.369. The van der Waals surface area contributed by atoms with Gasteiger partial charge in [-0.05, 0) is 49.9 Å². The molecular weight excluding hydrogens is 392 g/mol. The highest BCUT2D eigenvalue weighted by Gasteiger charge is 2.23. The summed E-state index contributed by atoms with van der Waals surface area (Å²) in [4.78, 5) is 33.2. The van der Waals surface area contributed by atoms with Crippen LogP contribution in [0.25, 0.3) is 10.9 Å². The van der Waals surface area contributed by atoms with Crippen LogP contribution in [0.15, 0.2) is 42.6 Å². The molecule has 31 heavy (non-hydrogen) atoms. The fourth-order valence-electron chi connectivity index (χ4n) is 4.03. The molecule has 162 valence electrons. The molecule has 2 aromatic heterocycles. The van der Waals surface area contributed by atoms with Crippen molar-refractivity contribution in [3.8, 4) is 0 Å². The number of aryl methyl sites for hydroxylation is 2. The summed E-state index contributed by atoms with van der Waals surface area (Å²) in [6.45, 7) is 5.21. The van der Waals surface area contributed by atoms with Crippen molar-refractivity contribution >= 4 is 22.7 Å². The highest BCUT2D eigenvalue weighted by atomic mass is 16.5. The minimum absolute atomic E-state index is 0.0374. The number of nitrogens with zero attached hydrogens (tertiary/aromatic N) is 1. The SMILES string of the molecule is Cc1cccnc1C(CCC(=O)NC1CCOC1)NC(=O)c1cc2cccc(C)c2[nH]1. The summed E-state index contributed by atoms with van der Waals surface area (Å²) >= 11 is 0. The van der Waals surface area contributed by atoms with E-state index in [4.69, 9.17) is 4.74 Å². The van der Waals surface area contributed by atoms with Gasteiger partial charge >= 0.3 is 0 Å². The van der Waals surface area contributed by atoms with E-state index in [1.54, 1.807) is 6.20 Å². The van der Waals surface area contributed by atoms with E-state index in [1.807, 2.05) is 50.2 Å². The molecule has 0 bridgehead atoms. The summed E-state index contributed by atoms with van der Waals surface area (Å²) in [6, 6.07) is 11.4. The molecule has 2 amide bonds. The lowest BCUT2D eigenvalue weighted by atomic mass is 10.0. The van der Waals surface area contributed by atoms with Crippen molar-refractivity contribution < 1.29 is 14.3 Å². The number of hydrogen-bond donors (Lipinski definition) is 3. The molecule has 4 rings (SSSR count). The van der Waals surface area contributed by atoms with E-state index in [9.17, 15) is 9.59 Å². The van der Waals surface area contributed by atoms with Gasteiger partial charge in [-0.25, -0.2) is 0 Å². The Kier molecular flexibility index (Phi) is 6.32. The number of carbonyl (C=O) groups is 2. The minimum Gasteiger partial charge on any atom is -0.379 e. The summed E-state index contributed by atoms with van der Waals surface area (Å²) in [5.41, 5.74) is 4.29. The van der Waals surface area contributed by atoms with Crippen molar-refractivity contribution in [1.29, 1.82) is 0 Å². The van der Waals surface area contributed by atoms with Gasteiger partial charge in [-0.1, -0.05) is 24.3 Å². The third-order valence-corrected chi connectivity index (χ3v) is 5.75. The smallest absolute Gasteiger partial charge is 0.268 e. The molecule has 1 fully saturated rings. The number of ether oxygens (including phenoxy) is 1.